The molecule has 0 spiro atoms. The maximum absolute atomic E-state index is 12.3. The fourth-order valence-corrected chi connectivity index (χ4v) is 3.09. The highest BCUT2D eigenvalue weighted by Gasteiger charge is 2.18. The van der Waals surface area contributed by atoms with E-state index in [4.69, 9.17) is 9.52 Å². The smallest absolute Gasteiger partial charge is 0.395 e. The van der Waals surface area contributed by atoms with Crippen LogP contribution in [0.15, 0.2) is 83.4 Å². The minimum atomic E-state index is -0.683. The molecule has 8 nitrogen and oxygen atoms in total. The molecule has 2 heterocycles. The van der Waals surface area contributed by atoms with Gasteiger partial charge in [0.25, 0.3) is 5.91 Å². The Morgan fingerprint density at radius 2 is 1.73 bits per heavy atom. The van der Waals surface area contributed by atoms with Gasteiger partial charge in [-0.3, -0.25) is 19.6 Å². The molecule has 0 unspecified atom stereocenters. The van der Waals surface area contributed by atoms with E-state index in [-0.39, 0.29) is 12.3 Å². The highest BCUT2D eigenvalue weighted by Crippen LogP contribution is 2.23. The van der Waals surface area contributed by atoms with E-state index in [0.29, 0.717) is 6.54 Å². The number of furan rings is 1. The molecule has 0 saturated carbocycles. The second-order valence-corrected chi connectivity index (χ2v) is 6.63. The van der Waals surface area contributed by atoms with Gasteiger partial charge in [-0.15, -0.1) is 0 Å². The van der Waals surface area contributed by atoms with E-state index in [1.54, 1.807) is 0 Å². The van der Waals surface area contributed by atoms with Crippen LogP contribution in [0, 0.1) is 10.1 Å². The van der Waals surface area contributed by atoms with Gasteiger partial charge in [0.05, 0.1) is 18.3 Å². The van der Waals surface area contributed by atoms with Crippen LogP contribution in [0.5, 0.6) is 0 Å². The molecule has 0 fully saturated rings. The summed E-state index contributed by atoms with van der Waals surface area (Å²) in [6.45, 7) is 0.797. The molecular weight excluding hydrogens is 384 g/mol. The Morgan fingerprint density at radius 3 is 2.40 bits per heavy atom. The Hall–Kier alpha value is -4.20. The largest absolute Gasteiger partial charge is 0.433 e. The first-order valence-corrected chi connectivity index (χ1v) is 9.28. The van der Waals surface area contributed by atoms with Gasteiger partial charge in [-0.05, 0) is 11.6 Å². The molecule has 0 saturated heterocycles. The average molecular weight is 402 g/mol. The van der Waals surface area contributed by atoms with Gasteiger partial charge < -0.3 is 9.73 Å². The number of amides is 1. The lowest BCUT2D eigenvalue weighted by molar-refractivity contribution is -0.402. The molecule has 0 aliphatic rings. The van der Waals surface area contributed by atoms with Gasteiger partial charge in [0.15, 0.2) is 5.76 Å². The van der Waals surface area contributed by atoms with Gasteiger partial charge in [0, 0.05) is 23.9 Å². The van der Waals surface area contributed by atoms with Crippen molar-refractivity contribution in [3.63, 3.8) is 0 Å². The van der Waals surface area contributed by atoms with Crippen LogP contribution in [0.2, 0.25) is 0 Å². The highest BCUT2D eigenvalue weighted by atomic mass is 16.6. The molecule has 0 aliphatic carbocycles. The molecule has 1 amide bonds. The molecule has 2 aromatic carbocycles. The van der Waals surface area contributed by atoms with E-state index in [2.05, 4.69) is 5.32 Å². The summed E-state index contributed by atoms with van der Waals surface area (Å²) < 4.78 is 6.79. The topological polar surface area (TPSA) is 103 Å². The first-order valence-electron chi connectivity index (χ1n) is 9.28. The zero-order chi connectivity index (χ0) is 20.9. The molecule has 4 rings (SSSR count). The number of rotatable bonds is 7. The predicted molar refractivity (Wildman–Crippen MR) is 110 cm³/mol. The minimum absolute atomic E-state index is 0.111. The number of aromatic nitrogens is 2. The molecule has 0 radical (unpaired) electrons. The molecule has 0 bridgehead atoms. The van der Waals surface area contributed by atoms with Crippen LogP contribution in [-0.2, 0) is 13.1 Å². The average Bonchev–Trinajstić information content (AvgIpc) is 3.41. The van der Waals surface area contributed by atoms with Gasteiger partial charge in [-0.2, -0.15) is 5.10 Å². The monoisotopic (exact) mass is 402 g/mol. The van der Waals surface area contributed by atoms with E-state index in [0.717, 1.165) is 28.5 Å². The van der Waals surface area contributed by atoms with Crippen LogP contribution >= 0.6 is 0 Å². The summed E-state index contributed by atoms with van der Waals surface area (Å²) in [5.74, 6) is -1.11. The molecule has 2 aromatic heterocycles. The maximum Gasteiger partial charge on any atom is 0.433 e. The summed E-state index contributed by atoms with van der Waals surface area (Å²) in [6, 6.07) is 22.1. The van der Waals surface area contributed by atoms with Gasteiger partial charge in [0.2, 0.25) is 0 Å². The maximum atomic E-state index is 12.3. The fraction of sp³-hybridized carbons (Fsp3) is 0.0909. The van der Waals surface area contributed by atoms with Crippen LogP contribution in [0.4, 0.5) is 5.88 Å². The van der Waals surface area contributed by atoms with Crippen molar-refractivity contribution in [2.24, 2.45) is 0 Å². The minimum Gasteiger partial charge on any atom is -0.395 e. The number of carbonyl (C=O) groups excluding carboxylic acids is 1. The van der Waals surface area contributed by atoms with Crippen molar-refractivity contribution in [2.75, 3.05) is 0 Å². The number of benzene rings is 2. The molecule has 8 heteroatoms. The van der Waals surface area contributed by atoms with E-state index >= 15 is 0 Å². The third kappa shape index (κ3) is 4.27. The van der Waals surface area contributed by atoms with Crippen LogP contribution in [0.25, 0.3) is 11.3 Å². The van der Waals surface area contributed by atoms with Crippen molar-refractivity contribution in [2.45, 2.75) is 13.1 Å². The summed E-state index contributed by atoms with van der Waals surface area (Å²) >= 11 is 0. The van der Waals surface area contributed by atoms with Crippen molar-refractivity contribution < 1.29 is 14.1 Å². The predicted octanol–water partition coefficient (Wildman–Crippen LogP) is 4.03. The first kappa shape index (κ1) is 19.1. The third-order valence-electron chi connectivity index (χ3n) is 4.51. The molecular formula is C22H18N4O4. The first-order chi connectivity index (χ1) is 14.6. The summed E-state index contributed by atoms with van der Waals surface area (Å²) in [5.41, 5.74) is 3.63. The third-order valence-corrected chi connectivity index (χ3v) is 4.51. The molecule has 4 aromatic rings. The Bertz CT molecular complexity index is 1170. The van der Waals surface area contributed by atoms with Gasteiger partial charge >= 0.3 is 5.88 Å². The second-order valence-electron chi connectivity index (χ2n) is 6.63. The van der Waals surface area contributed by atoms with E-state index in [9.17, 15) is 14.9 Å². The quantitative estimate of drug-likeness (QED) is 0.371. The van der Waals surface area contributed by atoms with E-state index in [1.807, 2.05) is 71.5 Å². The van der Waals surface area contributed by atoms with Crippen LogP contribution in [-0.4, -0.2) is 20.6 Å². The summed E-state index contributed by atoms with van der Waals surface area (Å²) in [6.07, 6.45) is 1.89. The summed E-state index contributed by atoms with van der Waals surface area (Å²) in [4.78, 5) is 22.4. The molecule has 30 heavy (non-hydrogen) atoms. The Morgan fingerprint density at radius 1 is 1.03 bits per heavy atom. The van der Waals surface area contributed by atoms with Gasteiger partial charge in [0.1, 0.15) is 4.92 Å². The fourth-order valence-electron chi connectivity index (χ4n) is 3.09. The SMILES string of the molecule is O=C(NCc1cn(Cc2ccccc2)nc1-c1ccccc1)c1ccc([N+](=O)[O-])o1. The van der Waals surface area contributed by atoms with E-state index in [1.165, 1.54) is 6.07 Å². The zero-order valence-electron chi connectivity index (χ0n) is 15.9. The van der Waals surface area contributed by atoms with Crippen molar-refractivity contribution in [1.82, 2.24) is 15.1 Å². The number of hydrogen-bond donors (Lipinski definition) is 1. The molecule has 0 aliphatic heterocycles. The van der Waals surface area contributed by atoms with Crippen molar-refractivity contribution in [1.29, 1.82) is 0 Å². The van der Waals surface area contributed by atoms with Gasteiger partial charge in [-0.25, -0.2) is 0 Å². The van der Waals surface area contributed by atoms with Crippen LogP contribution in [0.3, 0.4) is 0 Å². The lowest BCUT2D eigenvalue weighted by Gasteiger charge is -2.04. The number of nitrogens with zero attached hydrogens (tertiary/aromatic N) is 3. The van der Waals surface area contributed by atoms with Gasteiger partial charge in [-0.1, -0.05) is 60.7 Å². The standard InChI is InChI=1S/C22H18N4O4/c27-22(19-11-12-20(30-19)26(28)29)23-13-18-15-25(14-16-7-3-1-4-8-16)24-21(18)17-9-5-2-6-10-17/h1-12,15H,13-14H2,(H,23,27). The Kier molecular flexibility index (Phi) is 5.38. The van der Waals surface area contributed by atoms with E-state index < -0.39 is 16.7 Å². The molecule has 1 N–H and O–H groups in total. The van der Waals surface area contributed by atoms with Crippen molar-refractivity contribution in [3.8, 4) is 11.3 Å². The number of nitro groups is 1. The lowest BCUT2D eigenvalue weighted by atomic mass is 10.1. The normalized spacial score (nSPS) is 10.7. The Balaban J connectivity index is 1.56. The molecule has 150 valence electrons. The number of nitrogens with one attached hydrogen (secondary N) is 1. The van der Waals surface area contributed by atoms with Crippen LogP contribution < -0.4 is 5.32 Å². The lowest BCUT2D eigenvalue weighted by Crippen LogP contribution is -2.22. The zero-order valence-corrected chi connectivity index (χ0v) is 15.9. The Labute approximate surface area is 171 Å². The number of hydrogen-bond acceptors (Lipinski definition) is 5. The van der Waals surface area contributed by atoms with Crippen molar-refractivity contribution >= 4 is 11.8 Å². The number of carbonyl (C=O) groups is 1. The van der Waals surface area contributed by atoms with Crippen LogP contribution in [0.1, 0.15) is 21.7 Å². The summed E-state index contributed by atoms with van der Waals surface area (Å²) in [7, 11) is 0. The van der Waals surface area contributed by atoms with Crippen molar-refractivity contribution in [3.05, 3.63) is 106 Å². The highest BCUT2D eigenvalue weighted by molar-refractivity contribution is 5.91. The summed E-state index contributed by atoms with van der Waals surface area (Å²) in [5, 5.41) is 18.2. The second kappa shape index (κ2) is 8.44. The molecule has 0 atom stereocenters.